The first-order valence-corrected chi connectivity index (χ1v) is 8.72. The van der Waals surface area contributed by atoms with Crippen LogP contribution in [0.25, 0.3) is 0 Å². The number of ether oxygens (including phenoxy) is 2. The summed E-state index contributed by atoms with van der Waals surface area (Å²) >= 11 is 0. The Labute approximate surface area is 152 Å². The Morgan fingerprint density at radius 3 is 2.27 bits per heavy atom. The van der Waals surface area contributed by atoms with Crippen molar-refractivity contribution in [2.75, 3.05) is 13.3 Å². The van der Waals surface area contributed by atoms with Crippen LogP contribution >= 0.6 is 0 Å². The second-order valence-corrected chi connectivity index (χ2v) is 6.06. The highest BCUT2D eigenvalue weighted by molar-refractivity contribution is 5.97. The van der Waals surface area contributed by atoms with E-state index >= 15 is 0 Å². The molecule has 0 atom stereocenters. The normalized spacial score (nSPS) is 11.9. The van der Waals surface area contributed by atoms with Crippen molar-refractivity contribution in [3.8, 4) is 11.5 Å². The summed E-state index contributed by atoms with van der Waals surface area (Å²) in [5, 5.41) is 5.72. The molecule has 0 saturated carbocycles. The first-order valence-electron chi connectivity index (χ1n) is 8.72. The summed E-state index contributed by atoms with van der Waals surface area (Å²) in [4.78, 5) is 24.2. The number of rotatable bonds is 7. The van der Waals surface area contributed by atoms with Crippen molar-refractivity contribution in [1.82, 2.24) is 10.6 Å². The van der Waals surface area contributed by atoms with Crippen molar-refractivity contribution in [2.45, 2.75) is 26.3 Å². The molecule has 136 valence electrons. The predicted molar refractivity (Wildman–Crippen MR) is 97.4 cm³/mol. The van der Waals surface area contributed by atoms with Gasteiger partial charge in [-0.1, -0.05) is 19.4 Å². The topological polar surface area (TPSA) is 76.7 Å². The summed E-state index contributed by atoms with van der Waals surface area (Å²) in [7, 11) is 0. The molecule has 3 rings (SSSR count). The van der Waals surface area contributed by atoms with Gasteiger partial charge in [0.1, 0.15) is 0 Å². The van der Waals surface area contributed by atoms with E-state index in [4.69, 9.17) is 9.47 Å². The van der Waals surface area contributed by atoms with Crippen molar-refractivity contribution in [3.63, 3.8) is 0 Å². The molecule has 0 spiro atoms. The summed E-state index contributed by atoms with van der Waals surface area (Å²) in [6, 6.07) is 12.2. The lowest BCUT2D eigenvalue weighted by Gasteiger charge is -2.08. The molecular formula is C20H22N2O4. The van der Waals surface area contributed by atoms with Gasteiger partial charge >= 0.3 is 0 Å². The molecule has 0 aromatic heterocycles. The highest BCUT2D eigenvalue weighted by Crippen LogP contribution is 2.32. The largest absolute Gasteiger partial charge is 0.454 e. The van der Waals surface area contributed by atoms with Crippen LogP contribution in [-0.4, -0.2) is 25.2 Å². The average molecular weight is 354 g/mol. The van der Waals surface area contributed by atoms with Gasteiger partial charge in [-0.2, -0.15) is 0 Å². The Kier molecular flexibility index (Phi) is 5.73. The van der Waals surface area contributed by atoms with Crippen molar-refractivity contribution in [1.29, 1.82) is 0 Å². The number of carbonyl (C=O) groups is 2. The summed E-state index contributed by atoms with van der Waals surface area (Å²) in [5.41, 5.74) is 1.98. The van der Waals surface area contributed by atoms with E-state index in [0.29, 0.717) is 35.7 Å². The lowest BCUT2D eigenvalue weighted by molar-refractivity contribution is 0.0940. The van der Waals surface area contributed by atoms with Crippen LogP contribution in [0.1, 0.15) is 46.0 Å². The number of hydrogen-bond acceptors (Lipinski definition) is 4. The molecule has 2 N–H and O–H groups in total. The zero-order valence-corrected chi connectivity index (χ0v) is 14.7. The Bertz CT molecular complexity index is 787. The minimum absolute atomic E-state index is 0.120. The van der Waals surface area contributed by atoms with E-state index in [1.54, 1.807) is 24.3 Å². The molecule has 0 saturated heterocycles. The van der Waals surface area contributed by atoms with Crippen LogP contribution in [0.2, 0.25) is 0 Å². The number of fused-ring (bicyclic) bond motifs is 1. The van der Waals surface area contributed by atoms with Gasteiger partial charge in [0.2, 0.25) is 6.79 Å². The van der Waals surface area contributed by atoms with Crippen LogP contribution < -0.4 is 20.1 Å². The van der Waals surface area contributed by atoms with Crippen molar-refractivity contribution in [2.24, 2.45) is 0 Å². The molecular weight excluding hydrogens is 332 g/mol. The Morgan fingerprint density at radius 2 is 1.58 bits per heavy atom. The number of amides is 2. The molecule has 1 aliphatic rings. The highest BCUT2D eigenvalue weighted by Gasteiger charge is 2.14. The van der Waals surface area contributed by atoms with Crippen LogP contribution in [0.4, 0.5) is 0 Å². The molecule has 1 aliphatic heterocycles. The van der Waals surface area contributed by atoms with Crippen LogP contribution in [0, 0.1) is 0 Å². The zero-order valence-electron chi connectivity index (χ0n) is 14.7. The fourth-order valence-corrected chi connectivity index (χ4v) is 2.59. The molecule has 0 bridgehead atoms. The first kappa shape index (κ1) is 17.8. The Balaban J connectivity index is 1.54. The van der Waals surface area contributed by atoms with Gasteiger partial charge in [-0.25, -0.2) is 0 Å². The van der Waals surface area contributed by atoms with Gasteiger partial charge in [-0.3, -0.25) is 9.59 Å². The smallest absolute Gasteiger partial charge is 0.251 e. The quantitative estimate of drug-likeness (QED) is 0.750. The number of hydrogen-bond donors (Lipinski definition) is 2. The van der Waals surface area contributed by atoms with E-state index in [-0.39, 0.29) is 18.6 Å². The molecule has 0 unspecified atom stereocenters. The van der Waals surface area contributed by atoms with E-state index in [0.717, 1.165) is 18.4 Å². The second-order valence-electron chi connectivity index (χ2n) is 6.06. The SMILES string of the molecule is CCCCNC(=O)c1ccc(C(=O)NCc2ccc3c(c2)OCO3)cc1. The molecule has 0 fully saturated rings. The monoisotopic (exact) mass is 354 g/mol. The zero-order chi connectivity index (χ0) is 18.4. The Hall–Kier alpha value is -3.02. The van der Waals surface area contributed by atoms with Crippen LogP contribution in [0.3, 0.4) is 0 Å². The summed E-state index contributed by atoms with van der Waals surface area (Å²) in [6.07, 6.45) is 1.98. The van der Waals surface area contributed by atoms with Crippen LogP contribution in [0.5, 0.6) is 11.5 Å². The maximum atomic E-state index is 12.3. The molecule has 2 amide bonds. The van der Waals surface area contributed by atoms with E-state index < -0.39 is 0 Å². The predicted octanol–water partition coefficient (Wildman–Crippen LogP) is 2.88. The van der Waals surface area contributed by atoms with E-state index in [1.807, 2.05) is 18.2 Å². The molecule has 1 heterocycles. The fraction of sp³-hybridized carbons (Fsp3) is 0.300. The first-order chi connectivity index (χ1) is 12.7. The lowest BCUT2D eigenvalue weighted by atomic mass is 10.1. The molecule has 0 radical (unpaired) electrons. The minimum atomic E-state index is -0.194. The maximum Gasteiger partial charge on any atom is 0.251 e. The third-order valence-corrected chi connectivity index (χ3v) is 4.12. The molecule has 6 nitrogen and oxygen atoms in total. The van der Waals surface area contributed by atoms with Gasteiger partial charge in [0.05, 0.1) is 0 Å². The lowest BCUT2D eigenvalue weighted by Crippen LogP contribution is -2.25. The molecule has 0 aliphatic carbocycles. The summed E-state index contributed by atoms with van der Waals surface area (Å²) in [5.74, 6) is 1.09. The number of nitrogens with one attached hydrogen (secondary N) is 2. The second kappa shape index (κ2) is 8.38. The third kappa shape index (κ3) is 4.33. The van der Waals surface area contributed by atoms with Crippen molar-refractivity contribution < 1.29 is 19.1 Å². The van der Waals surface area contributed by atoms with Crippen LogP contribution in [-0.2, 0) is 6.54 Å². The number of carbonyl (C=O) groups excluding carboxylic acids is 2. The maximum absolute atomic E-state index is 12.3. The van der Waals surface area contributed by atoms with Crippen LogP contribution in [0.15, 0.2) is 42.5 Å². The number of benzene rings is 2. The standard InChI is InChI=1S/C20H22N2O4/c1-2-3-10-21-19(23)15-5-7-16(8-6-15)20(24)22-12-14-4-9-17-18(11-14)26-13-25-17/h4-9,11H,2-3,10,12-13H2,1H3,(H,21,23)(H,22,24). The van der Waals surface area contributed by atoms with Crippen molar-refractivity contribution >= 4 is 11.8 Å². The Morgan fingerprint density at radius 1 is 0.923 bits per heavy atom. The molecule has 2 aromatic rings. The minimum Gasteiger partial charge on any atom is -0.454 e. The molecule has 2 aromatic carbocycles. The van der Waals surface area contributed by atoms with Crippen molar-refractivity contribution in [3.05, 3.63) is 59.2 Å². The van der Waals surface area contributed by atoms with Gasteiger partial charge in [0, 0.05) is 24.2 Å². The molecule has 6 heteroatoms. The van der Waals surface area contributed by atoms with E-state index in [2.05, 4.69) is 17.6 Å². The van der Waals surface area contributed by atoms with Gasteiger partial charge in [-0.15, -0.1) is 0 Å². The third-order valence-electron chi connectivity index (χ3n) is 4.12. The molecule has 26 heavy (non-hydrogen) atoms. The fourth-order valence-electron chi connectivity index (χ4n) is 2.59. The van der Waals surface area contributed by atoms with E-state index in [9.17, 15) is 9.59 Å². The summed E-state index contributed by atoms with van der Waals surface area (Å²) in [6.45, 7) is 3.34. The van der Waals surface area contributed by atoms with Gasteiger partial charge in [-0.05, 0) is 48.4 Å². The van der Waals surface area contributed by atoms with Gasteiger partial charge in [0.15, 0.2) is 11.5 Å². The highest BCUT2D eigenvalue weighted by atomic mass is 16.7. The average Bonchev–Trinajstić information content (AvgIpc) is 3.14. The summed E-state index contributed by atoms with van der Waals surface area (Å²) < 4.78 is 10.6. The van der Waals surface area contributed by atoms with Gasteiger partial charge in [0.25, 0.3) is 11.8 Å². The number of unbranched alkanes of at least 4 members (excludes halogenated alkanes) is 1. The van der Waals surface area contributed by atoms with E-state index in [1.165, 1.54) is 0 Å². The van der Waals surface area contributed by atoms with Gasteiger partial charge < -0.3 is 20.1 Å².